The monoisotopic (exact) mass is 412 g/mol. The van der Waals surface area contributed by atoms with Crippen molar-refractivity contribution in [1.82, 2.24) is 29.4 Å². The molecule has 2 aromatic heterocycles. The first-order valence-corrected chi connectivity index (χ1v) is 9.94. The van der Waals surface area contributed by atoms with Crippen LogP contribution in [0.15, 0.2) is 24.5 Å². The van der Waals surface area contributed by atoms with Gasteiger partial charge in [0.25, 0.3) is 5.78 Å². The molecule has 0 spiro atoms. The molecule has 8 nitrogen and oxygen atoms in total. The van der Waals surface area contributed by atoms with E-state index in [1.165, 1.54) is 18.5 Å². The van der Waals surface area contributed by atoms with E-state index in [9.17, 15) is 9.18 Å². The highest BCUT2D eigenvalue weighted by Gasteiger charge is 2.24. The molecule has 1 saturated heterocycles. The third kappa shape index (κ3) is 3.97. The van der Waals surface area contributed by atoms with Crippen molar-refractivity contribution in [2.45, 2.75) is 26.8 Å². The lowest BCUT2D eigenvalue weighted by atomic mass is 10.1. The second kappa shape index (κ2) is 8.35. The third-order valence-corrected chi connectivity index (χ3v) is 5.68. The summed E-state index contributed by atoms with van der Waals surface area (Å²) in [5.74, 6) is 1.02. The fourth-order valence-electron chi connectivity index (χ4n) is 3.94. The van der Waals surface area contributed by atoms with Crippen LogP contribution in [0.2, 0.25) is 0 Å². The topological polar surface area (TPSA) is 75.9 Å². The molecular weight excluding hydrogens is 387 g/mol. The van der Waals surface area contributed by atoms with Gasteiger partial charge in [0.05, 0.1) is 13.5 Å². The Bertz CT molecular complexity index is 1070. The lowest BCUT2D eigenvalue weighted by molar-refractivity contribution is -0.132. The standard InChI is InChI=1S/C21H25FN6O2/c1-14-18(15(2)28-21(25-14)23-13-24-28)11-20(29)27-8-6-26(7-9-27)12-16-10-17(22)4-5-19(16)30-3/h4-5,10,13H,6-9,11-12H2,1-3H3. The Morgan fingerprint density at radius 3 is 2.70 bits per heavy atom. The highest BCUT2D eigenvalue weighted by Crippen LogP contribution is 2.22. The Hall–Kier alpha value is -3.07. The van der Waals surface area contributed by atoms with Gasteiger partial charge in [0.15, 0.2) is 0 Å². The van der Waals surface area contributed by atoms with Crippen molar-refractivity contribution in [3.63, 3.8) is 0 Å². The summed E-state index contributed by atoms with van der Waals surface area (Å²) in [6.45, 7) is 7.14. The van der Waals surface area contributed by atoms with Crippen LogP contribution in [-0.4, -0.2) is 68.6 Å². The second-order valence-electron chi connectivity index (χ2n) is 7.52. The van der Waals surface area contributed by atoms with Crippen LogP contribution in [0.1, 0.15) is 22.5 Å². The van der Waals surface area contributed by atoms with Gasteiger partial charge in [0, 0.05) is 55.2 Å². The first kappa shape index (κ1) is 20.2. The number of ether oxygens (including phenoxy) is 1. The minimum atomic E-state index is -0.275. The summed E-state index contributed by atoms with van der Waals surface area (Å²) in [6.07, 6.45) is 1.76. The Morgan fingerprint density at radius 1 is 1.20 bits per heavy atom. The molecule has 0 bridgehead atoms. The molecule has 30 heavy (non-hydrogen) atoms. The van der Waals surface area contributed by atoms with Crippen LogP contribution in [0.3, 0.4) is 0 Å². The average molecular weight is 412 g/mol. The van der Waals surface area contributed by atoms with Crippen LogP contribution in [-0.2, 0) is 17.8 Å². The Labute approximate surface area is 174 Å². The van der Waals surface area contributed by atoms with Crippen LogP contribution in [0, 0.1) is 19.7 Å². The highest BCUT2D eigenvalue weighted by atomic mass is 19.1. The van der Waals surface area contributed by atoms with Gasteiger partial charge in [0.1, 0.15) is 17.9 Å². The number of benzene rings is 1. The third-order valence-electron chi connectivity index (χ3n) is 5.68. The lowest BCUT2D eigenvalue weighted by Crippen LogP contribution is -2.48. The van der Waals surface area contributed by atoms with Gasteiger partial charge in [0.2, 0.25) is 5.91 Å². The Balaban J connectivity index is 1.39. The van der Waals surface area contributed by atoms with E-state index >= 15 is 0 Å². The van der Waals surface area contributed by atoms with Crippen molar-refractivity contribution in [2.75, 3.05) is 33.3 Å². The molecule has 0 radical (unpaired) electrons. The minimum Gasteiger partial charge on any atom is -0.496 e. The maximum Gasteiger partial charge on any atom is 0.252 e. The smallest absolute Gasteiger partial charge is 0.252 e. The first-order chi connectivity index (χ1) is 14.5. The van der Waals surface area contributed by atoms with Crippen LogP contribution in [0.5, 0.6) is 5.75 Å². The molecule has 1 fully saturated rings. The number of amides is 1. The number of hydrogen-bond donors (Lipinski definition) is 0. The van der Waals surface area contributed by atoms with Crippen molar-refractivity contribution in [2.24, 2.45) is 0 Å². The lowest BCUT2D eigenvalue weighted by Gasteiger charge is -2.35. The molecule has 9 heteroatoms. The maximum absolute atomic E-state index is 13.6. The predicted molar refractivity (Wildman–Crippen MR) is 109 cm³/mol. The predicted octanol–water partition coefficient (Wildman–Crippen LogP) is 1.78. The van der Waals surface area contributed by atoms with E-state index in [-0.39, 0.29) is 18.1 Å². The van der Waals surface area contributed by atoms with Gasteiger partial charge in [-0.3, -0.25) is 9.69 Å². The van der Waals surface area contributed by atoms with Gasteiger partial charge >= 0.3 is 0 Å². The molecule has 0 saturated carbocycles. The molecule has 1 amide bonds. The molecule has 3 aromatic rings. The van der Waals surface area contributed by atoms with Crippen molar-refractivity contribution < 1.29 is 13.9 Å². The summed E-state index contributed by atoms with van der Waals surface area (Å²) in [5, 5.41) is 4.18. The molecule has 1 aromatic carbocycles. The molecule has 0 atom stereocenters. The Morgan fingerprint density at radius 2 is 1.97 bits per heavy atom. The molecule has 0 N–H and O–H groups in total. The zero-order valence-electron chi connectivity index (χ0n) is 17.4. The van der Waals surface area contributed by atoms with Crippen molar-refractivity contribution >= 4 is 11.7 Å². The van der Waals surface area contributed by atoms with Crippen LogP contribution >= 0.6 is 0 Å². The number of hydrogen-bond acceptors (Lipinski definition) is 6. The number of nitrogens with zero attached hydrogens (tertiary/aromatic N) is 6. The van der Waals surface area contributed by atoms with Gasteiger partial charge < -0.3 is 9.64 Å². The number of carbonyl (C=O) groups is 1. The molecular formula is C21H25FN6O2. The molecule has 1 aliphatic rings. The first-order valence-electron chi connectivity index (χ1n) is 9.94. The maximum atomic E-state index is 13.6. The largest absolute Gasteiger partial charge is 0.496 e. The van der Waals surface area contributed by atoms with Crippen molar-refractivity contribution in [3.05, 3.63) is 52.9 Å². The fraction of sp³-hybridized carbons (Fsp3) is 0.429. The van der Waals surface area contributed by atoms with Crippen molar-refractivity contribution in [1.29, 1.82) is 0 Å². The zero-order valence-corrected chi connectivity index (χ0v) is 17.4. The average Bonchev–Trinajstić information content (AvgIpc) is 3.20. The summed E-state index contributed by atoms with van der Waals surface area (Å²) >= 11 is 0. The number of aryl methyl sites for hydroxylation is 2. The summed E-state index contributed by atoms with van der Waals surface area (Å²) in [5.41, 5.74) is 3.40. The van der Waals surface area contributed by atoms with Gasteiger partial charge in [-0.1, -0.05) is 0 Å². The van der Waals surface area contributed by atoms with Gasteiger partial charge in [-0.15, -0.1) is 0 Å². The molecule has 1 aliphatic heterocycles. The van der Waals surface area contributed by atoms with Crippen LogP contribution in [0.4, 0.5) is 4.39 Å². The minimum absolute atomic E-state index is 0.0745. The Kier molecular flexibility index (Phi) is 5.63. The zero-order chi connectivity index (χ0) is 21.3. The summed E-state index contributed by atoms with van der Waals surface area (Å²) in [7, 11) is 1.59. The number of aromatic nitrogens is 4. The fourth-order valence-corrected chi connectivity index (χ4v) is 3.94. The van der Waals surface area contributed by atoms with E-state index in [1.807, 2.05) is 18.7 Å². The van der Waals surface area contributed by atoms with Crippen LogP contribution in [0.25, 0.3) is 5.78 Å². The normalized spacial score (nSPS) is 15.0. The molecule has 0 unspecified atom stereocenters. The van der Waals surface area contributed by atoms with E-state index < -0.39 is 0 Å². The van der Waals surface area contributed by atoms with E-state index in [0.717, 1.165) is 35.6 Å². The SMILES string of the molecule is COc1ccc(F)cc1CN1CCN(C(=O)Cc2c(C)nc3ncnn3c2C)CC1. The van der Waals surface area contributed by atoms with Gasteiger partial charge in [-0.2, -0.15) is 10.1 Å². The number of rotatable bonds is 5. The van der Waals surface area contributed by atoms with E-state index in [2.05, 4.69) is 20.0 Å². The summed E-state index contributed by atoms with van der Waals surface area (Å²) < 4.78 is 20.6. The van der Waals surface area contributed by atoms with Gasteiger partial charge in [-0.25, -0.2) is 13.9 Å². The van der Waals surface area contributed by atoms with Crippen LogP contribution < -0.4 is 4.74 Å². The van der Waals surface area contributed by atoms with E-state index in [4.69, 9.17) is 4.74 Å². The molecule has 158 valence electrons. The highest BCUT2D eigenvalue weighted by molar-refractivity contribution is 5.79. The number of fused-ring (bicyclic) bond motifs is 1. The van der Waals surface area contributed by atoms with E-state index in [0.29, 0.717) is 31.2 Å². The number of piperazine rings is 1. The summed E-state index contributed by atoms with van der Waals surface area (Å²) in [6, 6.07) is 4.55. The van der Waals surface area contributed by atoms with Crippen molar-refractivity contribution in [3.8, 4) is 5.75 Å². The quantitative estimate of drug-likeness (QED) is 0.636. The second-order valence-corrected chi connectivity index (χ2v) is 7.52. The summed E-state index contributed by atoms with van der Waals surface area (Å²) in [4.78, 5) is 25.6. The van der Waals surface area contributed by atoms with E-state index in [1.54, 1.807) is 17.7 Å². The molecule has 0 aliphatic carbocycles. The number of halogens is 1. The number of carbonyl (C=O) groups excluding carboxylic acids is 1. The molecule has 4 rings (SSSR count). The number of methoxy groups -OCH3 is 1. The molecule has 3 heterocycles. The van der Waals surface area contributed by atoms with Gasteiger partial charge in [-0.05, 0) is 32.0 Å².